The van der Waals surface area contributed by atoms with Crippen molar-refractivity contribution >= 4 is 16.7 Å². The zero-order valence-corrected chi connectivity index (χ0v) is 17.5. The third-order valence-corrected chi connectivity index (χ3v) is 5.52. The molecule has 0 bridgehead atoms. The number of ether oxygens (including phenoxy) is 1. The molecule has 0 saturated heterocycles. The van der Waals surface area contributed by atoms with Gasteiger partial charge < -0.3 is 20.1 Å². The van der Waals surface area contributed by atoms with Crippen molar-refractivity contribution < 1.29 is 27.4 Å². The molecule has 2 unspecified atom stereocenters. The van der Waals surface area contributed by atoms with Crippen molar-refractivity contribution in [1.29, 1.82) is 0 Å². The molecule has 31 heavy (non-hydrogen) atoms. The van der Waals surface area contributed by atoms with E-state index in [9.17, 15) is 22.7 Å². The van der Waals surface area contributed by atoms with E-state index in [1.165, 1.54) is 20.1 Å². The Morgan fingerprint density at radius 3 is 2.61 bits per heavy atom. The molecule has 0 saturated carbocycles. The molecule has 0 aliphatic heterocycles. The van der Waals surface area contributed by atoms with Crippen LogP contribution in [0, 0.1) is 5.82 Å². The predicted octanol–water partition coefficient (Wildman–Crippen LogP) is 4.61. The Morgan fingerprint density at radius 1 is 1.26 bits per heavy atom. The minimum atomic E-state index is -3.17. The molecule has 2 atom stereocenters. The van der Waals surface area contributed by atoms with Crippen molar-refractivity contribution in [3.8, 4) is 5.75 Å². The van der Waals surface area contributed by atoms with Gasteiger partial charge in [-0.3, -0.25) is 4.39 Å². The second-order valence-electron chi connectivity index (χ2n) is 8.00. The number of methoxy groups -OCH3 is 1. The smallest absolute Gasteiger partial charge is 0.267 e. The molecular formula is C22H25F4N3O2. The molecule has 5 nitrogen and oxygen atoms in total. The van der Waals surface area contributed by atoms with E-state index in [0.29, 0.717) is 17.0 Å². The zero-order valence-electron chi connectivity index (χ0n) is 17.5. The number of nitrogens with one attached hydrogen (secondary N) is 2. The first-order valence-corrected chi connectivity index (χ1v) is 9.70. The molecule has 3 rings (SSSR count). The van der Waals surface area contributed by atoms with Crippen LogP contribution in [0.5, 0.6) is 5.75 Å². The molecule has 0 aliphatic carbocycles. The Labute approximate surface area is 177 Å². The Morgan fingerprint density at radius 2 is 2.00 bits per heavy atom. The molecular weight excluding hydrogens is 414 g/mol. The first kappa shape index (κ1) is 22.9. The second-order valence-corrected chi connectivity index (χ2v) is 8.00. The number of hydrogen-bond donors (Lipinski definition) is 3. The molecule has 168 valence electrons. The number of anilines is 1. The molecule has 0 radical (unpaired) electrons. The van der Waals surface area contributed by atoms with E-state index in [1.54, 1.807) is 25.4 Å². The van der Waals surface area contributed by atoms with E-state index in [0.717, 1.165) is 17.5 Å². The fraction of sp³-hybridized carbons (Fsp3) is 0.409. The summed E-state index contributed by atoms with van der Waals surface area (Å²) >= 11 is 0. The first-order chi connectivity index (χ1) is 14.6. The fourth-order valence-electron chi connectivity index (χ4n) is 3.91. The topological polar surface area (TPSA) is 70.2 Å². The minimum absolute atomic E-state index is 0.0797. The van der Waals surface area contributed by atoms with Crippen LogP contribution in [-0.4, -0.2) is 47.9 Å². The molecule has 0 aliphatic rings. The molecule has 9 heteroatoms. The number of fused-ring (bicyclic) bond motifs is 1. The van der Waals surface area contributed by atoms with Crippen LogP contribution in [0.25, 0.3) is 10.9 Å². The Bertz CT molecular complexity index is 1060. The van der Waals surface area contributed by atoms with Crippen LogP contribution in [0.2, 0.25) is 0 Å². The molecule has 0 amide bonds. The van der Waals surface area contributed by atoms with Crippen molar-refractivity contribution in [3.05, 3.63) is 53.6 Å². The molecule has 2 aromatic heterocycles. The number of alkyl halides is 3. The normalized spacial score (nSPS) is 15.6. The third-order valence-electron chi connectivity index (χ3n) is 5.52. The summed E-state index contributed by atoms with van der Waals surface area (Å²) < 4.78 is 61.4. The summed E-state index contributed by atoms with van der Waals surface area (Å²) in [7, 11) is 3.03. The van der Waals surface area contributed by atoms with Crippen molar-refractivity contribution in [2.45, 2.75) is 37.2 Å². The van der Waals surface area contributed by atoms with Gasteiger partial charge in [0.05, 0.1) is 25.5 Å². The highest BCUT2D eigenvalue weighted by Crippen LogP contribution is 2.42. The maximum absolute atomic E-state index is 14.2. The molecule has 0 spiro atoms. The van der Waals surface area contributed by atoms with Gasteiger partial charge in [-0.25, -0.2) is 18.2 Å². The number of pyridine rings is 1. The van der Waals surface area contributed by atoms with E-state index in [4.69, 9.17) is 4.74 Å². The summed E-state index contributed by atoms with van der Waals surface area (Å²) in [4.78, 5) is 7.13. The molecule has 2 heterocycles. The van der Waals surface area contributed by atoms with Crippen molar-refractivity contribution in [3.63, 3.8) is 0 Å². The van der Waals surface area contributed by atoms with Crippen LogP contribution >= 0.6 is 0 Å². The van der Waals surface area contributed by atoms with Gasteiger partial charge in [0, 0.05) is 35.5 Å². The van der Waals surface area contributed by atoms with Gasteiger partial charge in [-0.2, -0.15) is 0 Å². The number of hydrogen-bond acceptors (Lipinski definition) is 4. The van der Waals surface area contributed by atoms with Crippen molar-refractivity contribution in [2.24, 2.45) is 0 Å². The minimum Gasteiger partial charge on any atom is -0.496 e. The highest BCUT2D eigenvalue weighted by molar-refractivity contribution is 5.82. The van der Waals surface area contributed by atoms with E-state index in [2.05, 4.69) is 15.3 Å². The van der Waals surface area contributed by atoms with Crippen LogP contribution in [0.15, 0.2) is 36.5 Å². The SMILES string of the molecule is CNc1cc2cc(CC(O)(CC(C)(CF)c3cc(F)ccc3OC)C(F)F)[nH]c2cn1. The van der Waals surface area contributed by atoms with E-state index in [1.807, 2.05) is 0 Å². The summed E-state index contributed by atoms with van der Waals surface area (Å²) in [5.74, 6) is 0.110. The maximum atomic E-state index is 14.2. The number of aromatic nitrogens is 2. The first-order valence-electron chi connectivity index (χ1n) is 9.70. The standard InChI is InChI=1S/C22H25F4N3O2/c1-21(12-23,16-8-14(24)4-5-18(16)31-3)11-22(30,20(25)26)9-15-6-13-7-19(27-2)28-10-17(13)29-15/h4-8,10,20,29-30H,9,11-12H2,1-3H3,(H,27,28). The molecule has 3 aromatic rings. The van der Waals surface area contributed by atoms with E-state index >= 15 is 0 Å². The Hall–Kier alpha value is -2.81. The summed E-state index contributed by atoms with van der Waals surface area (Å²) in [6.45, 7) is 0.274. The van der Waals surface area contributed by atoms with Gasteiger partial charge in [0.15, 0.2) is 0 Å². The lowest BCUT2D eigenvalue weighted by Gasteiger charge is -2.37. The van der Waals surface area contributed by atoms with Gasteiger partial charge in [0.2, 0.25) is 0 Å². The largest absolute Gasteiger partial charge is 0.496 e. The quantitative estimate of drug-likeness (QED) is 0.426. The fourth-order valence-corrected chi connectivity index (χ4v) is 3.91. The highest BCUT2D eigenvalue weighted by Gasteiger charge is 2.46. The monoisotopic (exact) mass is 439 g/mol. The van der Waals surface area contributed by atoms with Crippen LogP contribution in [0.1, 0.15) is 24.6 Å². The van der Waals surface area contributed by atoms with Crippen LogP contribution in [0.4, 0.5) is 23.4 Å². The molecule has 3 N–H and O–H groups in total. The van der Waals surface area contributed by atoms with Crippen molar-refractivity contribution in [1.82, 2.24) is 9.97 Å². The highest BCUT2D eigenvalue weighted by atomic mass is 19.3. The molecule has 0 fully saturated rings. The molecule has 1 aromatic carbocycles. The van der Waals surface area contributed by atoms with Crippen LogP contribution in [-0.2, 0) is 11.8 Å². The Kier molecular flexibility index (Phi) is 6.45. The van der Waals surface area contributed by atoms with Crippen LogP contribution < -0.4 is 10.1 Å². The van der Waals surface area contributed by atoms with Gasteiger partial charge in [-0.1, -0.05) is 6.92 Å². The summed E-state index contributed by atoms with van der Waals surface area (Å²) in [6, 6.07) is 6.88. The average Bonchev–Trinajstić information content (AvgIpc) is 3.14. The maximum Gasteiger partial charge on any atom is 0.267 e. The van der Waals surface area contributed by atoms with Gasteiger partial charge in [-0.15, -0.1) is 0 Å². The Balaban J connectivity index is 1.97. The average molecular weight is 439 g/mol. The van der Waals surface area contributed by atoms with Crippen molar-refractivity contribution in [2.75, 3.05) is 26.1 Å². The number of aliphatic hydroxyl groups is 1. The lowest BCUT2D eigenvalue weighted by atomic mass is 9.73. The summed E-state index contributed by atoms with van der Waals surface area (Å²) in [6.07, 6.45) is -2.73. The lowest BCUT2D eigenvalue weighted by Crippen LogP contribution is -2.46. The lowest BCUT2D eigenvalue weighted by molar-refractivity contribution is -0.113. The number of benzene rings is 1. The van der Waals surface area contributed by atoms with Gasteiger partial charge in [-0.05, 0) is 36.8 Å². The predicted molar refractivity (Wildman–Crippen MR) is 111 cm³/mol. The van der Waals surface area contributed by atoms with E-state index < -0.39 is 42.8 Å². The number of halogens is 4. The number of rotatable bonds is 9. The zero-order chi connectivity index (χ0) is 22.8. The summed E-state index contributed by atoms with van der Waals surface area (Å²) in [5.41, 5.74) is -3.13. The number of nitrogens with zero attached hydrogens (tertiary/aromatic N) is 1. The third kappa shape index (κ3) is 4.61. The summed E-state index contributed by atoms with van der Waals surface area (Å²) in [5, 5.41) is 14.5. The van der Waals surface area contributed by atoms with Gasteiger partial charge >= 0.3 is 0 Å². The number of H-pyrrole nitrogens is 1. The second kappa shape index (κ2) is 8.74. The van der Waals surface area contributed by atoms with Gasteiger partial charge in [0.25, 0.3) is 6.43 Å². The van der Waals surface area contributed by atoms with Crippen LogP contribution in [0.3, 0.4) is 0 Å². The van der Waals surface area contributed by atoms with Gasteiger partial charge in [0.1, 0.15) is 23.0 Å². The van der Waals surface area contributed by atoms with E-state index in [-0.39, 0.29) is 11.3 Å². The number of aromatic amines is 1.